The van der Waals surface area contributed by atoms with Crippen LogP contribution >= 0.6 is 11.8 Å². The fraction of sp³-hybridized carbons (Fsp3) is 0.167. The molecule has 0 atom stereocenters. The molecule has 1 heterocycles. The number of thioether (sulfide) groups is 1. The van der Waals surface area contributed by atoms with E-state index in [4.69, 9.17) is 5.26 Å². The lowest BCUT2D eigenvalue weighted by Crippen LogP contribution is -2.22. The highest BCUT2D eigenvalue weighted by molar-refractivity contribution is 7.99. The first kappa shape index (κ1) is 15.3. The summed E-state index contributed by atoms with van der Waals surface area (Å²) in [6.07, 6.45) is 0. The average Bonchev–Trinajstić information content (AvgIpc) is 2.56. The van der Waals surface area contributed by atoms with Crippen LogP contribution in [-0.4, -0.2) is 15.3 Å². The van der Waals surface area contributed by atoms with E-state index < -0.39 is 0 Å². The molecule has 0 fully saturated rings. The maximum Gasteiger partial charge on any atom is 0.266 e. The zero-order valence-electron chi connectivity index (χ0n) is 12.9. The van der Waals surface area contributed by atoms with Gasteiger partial charge in [0.15, 0.2) is 5.16 Å². The van der Waals surface area contributed by atoms with Crippen LogP contribution in [0, 0.1) is 25.2 Å². The minimum absolute atomic E-state index is 0.112. The summed E-state index contributed by atoms with van der Waals surface area (Å²) in [7, 11) is 0. The van der Waals surface area contributed by atoms with Gasteiger partial charge in [0.2, 0.25) is 0 Å². The Balaban J connectivity index is 2.32. The van der Waals surface area contributed by atoms with Crippen molar-refractivity contribution in [1.29, 1.82) is 5.26 Å². The minimum atomic E-state index is -0.112. The van der Waals surface area contributed by atoms with E-state index in [0.717, 1.165) is 11.3 Å². The smallest absolute Gasteiger partial charge is 0.266 e. The van der Waals surface area contributed by atoms with Crippen LogP contribution in [0.3, 0.4) is 0 Å². The van der Waals surface area contributed by atoms with Gasteiger partial charge in [0, 0.05) is 0 Å². The molecule has 0 N–H and O–H groups in total. The Morgan fingerprint density at radius 3 is 2.70 bits per heavy atom. The van der Waals surface area contributed by atoms with E-state index in [-0.39, 0.29) is 11.3 Å². The number of nitriles is 1. The second-order valence-electron chi connectivity index (χ2n) is 5.27. The van der Waals surface area contributed by atoms with Gasteiger partial charge in [-0.1, -0.05) is 30.0 Å². The molecule has 2 aromatic carbocycles. The fourth-order valence-electron chi connectivity index (χ4n) is 2.40. The predicted molar refractivity (Wildman–Crippen MR) is 93.2 cm³/mol. The van der Waals surface area contributed by atoms with Gasteiger partial charge >= 0.3 is 0 Å². The number of rotatable bonds is 3. The van der Waals surface area contributed by atoms with Crippen LogP contribution in [0.4, 0.5) is 0 Å². The molecule has 23 heavy (non-hydrogen) atoms. The third kappa shape index (κ3) is 2.86. The Labute approximate surface area is 138 Å². The molecule has 0 aliphatic heterocycles. The third-order valence-corrected chi connectivity index (χ3v) is 4.56. The van der Waals surface area contributed by atoms with Crippen molar-refractivity contribution in [2.75, 3.05) is 5.75 Å². The standard InChI is InChI=1S/C18H15N3OS/c1-12-7-8-14(11-13(12)2)21-17(22)15-5-3-4-6-16(15)20-18(21)23-10-9-19/h3-8,11H,10H2,1-2H3. The summed E-state index contributed by atoms with van der Waals surface area (Å²) < 4.78 is 1.59. The monoisotopic (exact) mass is 321 g/mol. The van der Waals surface area contributed by atoms with Crippen LogP contribution in [0.15, 0.2) is 52.4 Å². The van der Waals surface area contributed by atoms with Crippen LogP contribution in [0.25, 0.3) is 16.6 Å². The van der Waals surface area contributed by atoms with E-state index in [1.54, 1.807) is 10.6 Å². The highest BCUT2D eigenvalue weighted by atomic mass is 32.2. The van der Waals surface area contributed by atoms with Gasteiger partial charge in [0.1, 0.15) is 0 Å². The molecule has 3 rings (SSSR count). The number of hydrogen-bond donors (Lipinski definition) is 0. The molecule has 0 amide bonds. The number of benzene rings is 2. The maximum absolute atomic E-state index is 12.9. The number of para-hydroxylation sites is 1. The van der Waals surface area contributed by atoms with Crippen molar-refractivity contribution in [2.24, 2.45) is 0 Å². The van der Waals surface area contributed by atoms with Crippen LogP contribution in [-0.2, 0) is 0 Å². The normalized spacial score (nSPS) is 10.7. The van der Waals surface area contributed by atoms with Gasteiger partial charge in [-0.3, -0.25) is 9.36 Å². The van der Waals surface area contributed by atoms with Crippen molar-refractivity contribution < 1.29 is 0 Å². The van der Waals surface area contributed by atoms with E-state index in [9.17, 15) is 4.79 Å². The highest BCUT2D eigenvalue weighted by Crippen LogP contribution is 2.22. The van der Waals surface area contributed by atoms with Crippen LogP contribution < -0.4 is 5.56 Å². The molecule has 0 radical (unpaired) electrons. The summed E-state index contributed by atoms with van der Waals surface area (Å²) in [6.45, 7) is 4.05. The summed E-state index contributed by atoms with van der Waals surface area (Å²) in [5, 5.41) is 9.98. The second kappa shape index (κ2) is 6.27. The van der Waals surface area contributed by atoms with E-state index in [2.05, 4.69) is 11.1 Å². The highest BCUT2D eigenvalue weighted by Gasteiger charge is 2.13. The molecule has 0 bridgehead atoms. The largest absolute Gasteiger partial charge is 0.268 e. The number of aryl methyl sites for hydroxylation is 2. The first-order valence-electron chi connectivity index (χ1n) is 7.21. The quantitative estimate of drug-likeness (QED) is 0.546. The van der Waals surface area contributed by atoms with Gasteiger partial charge in [0.25, 0.3) is 5.56 Å². The molecule has 3 aromatic rings. The van der Waals surface area contributed by atoms with Crippen LogP contribution in [0.2, 0.25) is 0 Å². The minimum Gasteiger partial charge on any atom is -0.268 e. The topological polar surface area (TPSA) is 58.7 Å². The van der Waals surface area contributed by atoms with Gasteiger partial charge in [-0.15, -0.1) is 0 Å². The van der Waals surface area contributed by atoms with Crippen molar-refractivity contribution in [3.05, 3.63) is 63.9 Å². The number of hydrogen-bond acceptors (Lipinski definition) is 4. The number of aromatic nitrogens is 2. The summed E-state index contributed by atoms with van der Waals surface area (Å²) in [5.41, 5.74) is 3.59. The molecule has 0 saturated heterocycles. The maximum atomic E-state index is 12.9. The molecule has 0 aliphatic rings. The lowest BCUT2D eigenvalue weighted by Gasteiger charge is -2.13. The van der Waals surface area contributed by atoms with Crippen LogP contribution in [0.1, 0.15) is 11.1 Å². The predicted octanol–water partition coefficient (Wildman–Crippen LogP) is 3.62. The molecule has 5 heteroatoms. The zero-order valence-corrected chi connectivity index (χ0v) is 13.7. The SMILES string of the molecule is Cc1ccc(-n2c(SCC#N)nc3ccccc3c2=O)cc1C. The Morgan fingerprint density at radius 2 is 1.96 bits per heavy atom. The summed E-state index contributed by atoms with van der Waals surface area (Å²) in [4.78, 5) is 17.5. The number of nitrogens with zero attached hydrogens (tertiary/aromatic N) is 3. The van der Waals surface area contributed by atoms with Gasteiger partial charge < -0.3 is 0 Å². The van der Waals surface area contributed by atoms with Gasteiger partial charge in [-0.05, 0) is 49.2 Å². The molecular weight excluding hydrogens is 306 g/mol. The Morgan fingerprint density at radius 1 is 1.17 bits per heavy atom. The van der Waals surface area contributed by atoms with Gasteiger partial charge in [-0.25, -0.2) is 4.98 Å². The Kier molecular flexibility index (Phi) is 4.18. The van der Waals surface area contributed by atoms with Gasteiger partial charge in [-0.2, -0.15) is 5.26 Å². The summed E-state index contributed by atoms with van der Waals surface area (Å²) >= 11 is 1.27. The average molecular weight is 321 g/mol. The Bertz CT molecular complexity index is 986. The molecule has 0 aliphatic carbocycles. The van der Waals surface area contributed by atoms with Crippen molar-refractivity contribution >= 4 is 22.7 Å². The second-order valence-corrected chi connectivity index (χ2v) is 6.21. The first-order chi connectivity index (χ1) is 11.1. The third-order valence-electron chi connectivity index (χ3n) is 3.76. The molecule has 4 nitrogen and oxygen atoms in total. The lowest BCUT2D eigenvalue weighted by atomic mass is 10.1. The number of fused-ring (bicyclic) bond motifs is 1. The summed E-state index contributed by atoms with van der Waals surface area (Å²) in [5.74, 6) is 0.246. The van der Waals surface area contributed by atoms with Crippen molar-refractivity contribution in [2.45, 2.75) is 19.0 Å². The zero-order chi connectivity index (χ0) is 16.4. The van der Waals surface area contributed by atoms with E-state index >= 15 is 0 Å². The Hall–Kier alpha value is -2.58. The molecule has 0 spiro atoms. The first-order valence-corrected chi connectivity index (χ1v) is 8.19. The van der Waals surface area contributed by atoms with Gasteiger partial charge in [0.05, 0.1) is 28.4 Å². The van der Waals surface area contributed by atoms with Crippen LogP contribution in [0.5, 0.6) is 0 Å². The molecular formula is C18H15N3OS. The van der Waals surface area contributed by atoms with E-state index in [1.165, 1.54) is 17.3 Å². The fourth-order valence-corrected chi connectivity index (χ4v) is 3.07. The molecule has 1 aromatic heterocycles. The van der Waals surface area contributed by atoms with Crippen molar-refractivity contribution in [3.8, 4) is 11.8 Å². The van der Waals surface area contributed by atoms with E-state index in [0.29, 0.717) is 16.1 Å². The molecule has 0 unspecified atom stereocenters. The van der Waals surface area contributed by atoms with Crippen molar-refractivity contribution in [1.82, 2.24) is 9.55 Å². The molecule has 0 saturated carbocycles. The lowest BCUT2D eigenvalue weighted by molar-refractivity contribution is 0.819. The van der Waals surface area contributed by atoms with E-state index in [1.807, 2.05) is 50.2 Å². The molecule has 114 valence electrons. The van der Waals surface area contributed by atoms with Crippen molar-refractivity contribution in [3.63, 3.8) is 0 Å². The summed E-state index contributed by atoms with van der Waals surface area (Å²) in [6, 6.07) is 15.3.